The van der Waals surface area contributed by atoms with Gasteiger partial charge in [-0.1, -0.05) is 30.3 Å². The monoisotopic (exact) mass is 359 g/mol. The van der Waals surface area contributed by atoms with Crippen molar-refractivity contribution in [3.8, 4) is 6.07 Å². The number of nitrogens with one attached hydrogen (secondary N) is 1. The third kappa shape index (κ3) is 3.71. The van der Waals surface area contributed by atoms with Crippen LogP contribution in [0.1, 0.15) is 34.3 Å². The van der Waals surface area contributed by atoms with E-state index >= 15 is 0 Å². The molecular formula is C21H17N3OS. The van der Waals surface area contributed by atoms with Crippen LogP contribution in [0, 0.1) is 11.3 Å². The van der Waals surface area contributed by atoms with Gasteiger partial charge in [0.25, 0.3) is 5.91 Å². The molecule has 1 saturated carbocycles. The predicted molar refractivity (Wildman–Crippen MR) is 103 cm³/mol. The number of aromatic nitrogens is 1. The van der Waals surface area contributed by atoms with Crippen LogP contribution in [0.4, 0.5) is 0 Å². The van der Waals surface area contributed by atoms with Gasteiger partial charge in [-0.25, -0.2) is 4.98 Å². The number of hydrogen-bond donors (Lipinski definition) is 1. The van der Waals surface area contributed by atoms with E-state index in [0.29, 0.717) is 17.2 Å². The molecule has 0 spiro atoms. The van der Waals surface area contributed by atoms with E-state index in [2.05, 4.69) is 11.4 Å². The number of benzene rings is 2. The summed E-state index contributed by atoms with van der Waals surface area (Å²) in [6, 6.07) is 19.6. The Kier molecular flexibility index (Phi) is 4.59. The molecule has 3 aromatic rings. The van der Waals surface area contributed by atoms with Crippen LogP contribution in [0.2, 0.25) is 0 Å². The van der Waals surface area contributed by atoms with E-state index in [0.717, 1.165) is 40.1 Å². The lowest BCUT2D eigenvalue weighted by Gasteiger charge is -2.10. The molecule has 1 amide bonds. The van der Waals surface area contributed by atoms with Crippen LogP contribution in [0.15, 0.2) is 59.6 Å². The molecule has 0 radical (unpaired) electrons. The van der Waals surface area contributed by atoms with E-state index in [9.17, 15) is 4.79 Å². The quantitative estimate of drug-likeness (QED) is 0.690. The number of nitrogens with zero attached hydrogens (tertiary/aromatic N) is 2. The van der Waals surface area contributed by atoms with Crippen molar-refractivity contribution < 1.29 is 4.79 Å². The Morgan fingerprint density at radius 2 is 1.96 bits per heavy atom. The highest BCUT2D eigenvalue weighted by Crippen LogP contribution is 2.28. The summed E-state index contributed by atoms with van der Waals surface area (Å²) in [5, 5.41) is 13.7. The SMILES string of the molecule is N#Cc1ccc(CSc2cc(C(=O)NC3CC3)c3ccccc3n2)cc1. The van der Waals surface area contributed by atoms with Gasteiger partial charge in [0.15, 0.2) is 0 Å². The van der Waals surface area contributed by atoms with Gasteiger partial charge in [-0.3, -0.25) is 4.79 Å². The topological polar surface area (TPSA) is 65.8 Å². The number of carbonyl (C=O) groups is 1. The first kappa shape index (κ1) is 16.6. The first-order valence-corrected chi connectivity index (χ1v) is 9.54. The molecule has 26 heavy (non-hydrogen) atoms. The second-order valence-electron chi connectivity index (χ2n) is 6.37. The molecule has 1 aliphatic carbocycles. The smallest absolute Gasteiger partial charge is 0.252 e. The van der Waals surface area contributed by atoms with Gasteiger partial charge in [-0.15, -0.1) is 11.8 Å². The van der Waals surface area contributed by atoms with E-state index in [-0.39, 0.29) is 5.91 Å². The van der Waals surface area contributed by atoms with Crippen molar-refractivity contribution in [1.82, 2.24) is 10.3 Å². The summed E-state index contributed by atoms with van der Waals surface area (Å²) in [6.07, 6.45) is 2.13. The second-order valence-corrected chi connectivity index (χ2v) is 7.37. The Morgan fingerprint density at radius 1 is 1.19 bits per heavy atom. The Hall–Kier alpha value is -2.84. The summed E-state index contributed by atoms with van der Waals surface area (Å²) in [4.78, 5) is 17.3. The fourth-order valence-corrected chi connectivity index (χ4v) is 3.61. The Balaban J connectivity index is 1.59. The maximum Gasteiger partial charge on any atom is 0.252 e. The largest absolute Gasteiger partial charge is 0.349 e. The van der Waals surface area contributed by atoms with Gasteiger partial charge in [0.2, 0.25) is 0 Å². The van der Waals surface area contributed by atoms with Crippen LogP contribution in [-0.4, -0.2) is 16.9 Å². The molecule has 1 N–H and O–H groups in total. The van der Waals surface area contributed by atoms with E-state index in [1.165, 1.54) is 0 Å². The summed E-state index contributed by atoms with van der Waals surface area (Å²) >= 11 is 1.59. The lowest BCUT2D eigenvalue weighted by Crippen LogP contribution is -2.25. The standard InChI is InChI=1S/C21H17N3OS/c22-12-14-5-7-15(8-6-14)13-26-20-11-18(21(25)23-16-9-10-16)17-3-1-2-4-19(17)24-20/h1-8,11,16H,9-10,13H2,(H,23,25). The third-order valence-corrected chi connectivity index (χ3v) is 5.30. The number of pyridine rings is 1. The Labute approximate surface area is 156 Å². The van der Waals surface area contributed by atoms with E-state index in [1.807, 2.05) is 54.6 Å². The Bertz CT molecular complexity index is 1000. The third-order valence-electron chi connectivity index (χ3n) is 4.32. The zero-order valence-corrected chi connectivity index (χ0v) is 14.9. The van der Waals surface area contributed by atoms with Crippen LogP contribution in [0.5, 0.6) is 0 Å². The molecule has 0 bridgehead atoms. The Morgan fingerprint density at radius 3 is 2.69 bits per heavy atom. The summed E-state index contributed by atoms with van der Waals surface area (Å²) in [5.41, 5.74) is 3.29. The van der Waals surface area contributed by atoms with Crippen molar-refractivity contribution in [3.63, 3.8) is 0 Å². The first-order valence-electron chi connectivity index (χ1n) is 8.55. The molecule has 1 heterocycles. The van der Waals surface area contributed by atoms with Crippen LogP contribution in [0.3, 0.4) is 0 Å². The minimum Gasteiger partial charge on any atom is -0.349 e. The van der Waals surface area contributed by atoms with Gasteiger partial charge in [0.1, 0.15) is 0 Å². The average molecular weight is 359 g/mol. The lowest BCUT2D eigenvalue weighted by atomic mass is 10.1. The zero-order chi connectivity index (χ0) is 17.9. The van der Waals surface area contributed by atoms with Crippen molar-refractivity contribution in [2.24, 2.45) is 0 Å². The molecule has 128 valence electrons. The van der Waals surface area contributed by atoms with E-state index in [4.69, 9.17) is 10.2 Å². The van der Waals surface area contributed by atoms with Crippen molar-refractivity contribution in [2.75, 3.05) is 0 Å². The van der Waals surface area contributed by atoms with E-state index < -0.39 is 0 Å². The van der Waals surface area contributed by atoms with Gasteiger partial charge in [0.05, 0.1) is 27.7 Å². The van der Waals surface area contributed by atoms with Crippen molar-refractivity contribution in [3.05, 3.63) is 71.3 Å². The summed E-state index contributed by atoms with van der Waals surface area (Å²) in [6.45, 7) is 0. The molecule has 4 nitrogen and oxygen atoms in total. The van der Waals surface area contributed by atoms with Crippen LogP contribution < -0.4 is 5.32 Å². The van der Waals surface area contributed by atoms with Crippen molar-refractivity contribution >= 4 is 28.6 Å². The number of amides is 1. The molecule has 0 aliphatic heterocycles. The fourth-order valence-electron chi connectivity index (χ4n) is 2.74. The van der Waals surface area contributed by atoms with Gasteiger partial charge in [0, 0.05) is 17.2 Å². The molecule has 5 heteroatoms. The van der Waals surface area contributed by atoms with Crippen LogP contribution in [-0.2, 0) is 5.75 Å². The number of hydrogen-bond acceptors (Lipinski definition) is 4. The van der Waals surface area contributed by atoms with Crippen LogP contribution in [0.25, 0.3) is 10.9 Å². The van der Waals surface area contributed by atoms with Crippen molar-refractivity contribution in [1.29, 1.82) is 5.26 Å². The molecule has 2 aromatic carbocycles. The summed E-state index contributed by atoms with van der Waals surface area (Å²) in [7, 11) is 0. The molecule has 4 rings (SSSR count). The number of fused-ring (bicyclic) bond motifs is 1. The van der Waals surface area contributed by atoms with Gasteiger partial charge >= 0.3 is 0 Å². The maximum absolute atomic E-state index is 12.6. The minimum absolute atomic E-state index is 0.0219. The van der Waals surface area contributed by atoms with Gasteiger partial charge in [-0.05, 0) is 42.7 Å². The minimum atomic E-state index is -0.0219. The average Bonchev–Trinajstić information content (AvgIpc) is 3.50. The molecule has 1 aromatic heterocycles. The number of nitriles is 1. The molecule has 1 aliphatic rings. The number of carbonyl (C=O) groups excluding carboxylic acids is 1. The van der Waals surface area contributed by atoms with Crippen LogP contribution >= 0.6 is 11.8 Å². The first-order chi connectivity index (χ1) is 12.7. The second kappa shape index (κ2) is 7.19. The number of para-hydroxylation sites is 1. The number of rotatable bonds is 5. The highest BCUT2D eigenvalue weighted by atomic mass is 32.2. The van der Waals surface area contributed by atoms with E-state index in [1.54, 1.807) is 11.8 Å². The number of thioether (sulfide) groups is 1. The normalized spacial score (nSPS) is 13.3. The summed E-state index contributed by atoms with van der Waals surface area (Å²) < 4.78 is 0. The van der Waals surface area contributed by atoms with Gasteiger partial charge in [-0.2, -0.15) is 5.26 Å². The predicted octanol–water partition coefficient (Wildman–Crippen LogP) is 4.29. The zero-order valence-electron chi connectivity index (χ0n) is 14.1. The molecule has 0 unspecified atom stereocenters. The molecule has 0 saturated heterocycles. The maximum atomic E-state index is 12.6. The lowest BCUT2D eigenvalue weighted by molar-refractivity contribution is 0.0952. The van der Waals surface area contributed by atoms with Crippen molar-refractivity contribution in [2.45, 2.75) is 29.7 Å². The molecular weight excluding hydrogens is 342 g/mol. The highest BCUT2D eigenvalue weighted by molar-refractivity contribution is 7.98. The highest BCUT2D eigenvalue weighted by Gasteiger charge is 2.25. The molecule has 0 atom stereocenters. The molecule has 1 fully saturated rings. The van der Waals surface area contributed by atoms with Gasteiger partial charge < -0.3 is 5.32 Å². The fraction of sp³-hybridized carbons (Fsp3) is 0.190. The summed E-state index contributed by atoms with van der Waals surface area (Å²) in [5.74, 6) is 0.715.